The van der Waals surface area contributed by atoms with Crippen LogP contribution in [0.4, 0.5) is 0 Å². The van der Waals surface area contributed by atoms with Crippen molar-refractivity contribution >= 4 is 5.97 Å². The van der Waals surface area contributed by atoms with Gasteiger partial charge >= 0.3 is 58.2 Å². The SMILES string of the molecule is CCCCCCCCCCCCCCCCCCOc1cc(C(=O)[O-])cc(OCCCCCCCCCCCCCCCCCC)c1OCCCCCCCCCCCCCCCCCC.[Rb+]. The molecule has 0 aliphatic rings. The number of aromatic carboxylic acids is 1. The van der Waals surface area contributed by atoms with Crippen LogP contribution in [0.1, 0.15) is 339 Å². The molecule has 0 bridgehead atoms. The zero-order valence-corrected chi connectivity index (χ0v) is 50.7. The molecular weight excluding hydrogens is 898 g/mol. The average Bonchev–Trinajstić information content (AvgIpc) is 3.32. The summed E-state index contributed by atoms with van der Waals surface area (Å²) in [6.45, 7) is 8.54. The first-order chi connectivity index (χ1) is 32.6. The van der Waals surface area contributed by atoms with Crippen molar-refractivity contribution in [1.29, 1.82) is 0 Å². The van der Waals surface area contributed by atoms with Crippen molar-refractivity contribution in [2.45, 2.75) is 329 Å². The van der Waals surface area contributed by atoms with Crippen LogP contribution in [0.15, 0.2) is 12.1 Å². The Morgan fingerprint density at radius 1 is 0.313 bits per heavy atom. The third-order valence-corrected chi connectivity index (χ3v) is 14.0. The van der Waals surface area contributed by atoms with Crippen molar-refractivity contribution in [3.63, 3.8) is 0 Å². The maximum absolute atomic E-state index is 12.1. The summed E-state index contributed by atoms with van der Waals surface area (Å²) in [6.07, 6.45) is 63.9. The van der Waals surface area contributed by atoms with Crippen LogP contribution < -0.4 is 77.5 Å². The molecule has 0 fully saturated rings. The van der Waals surface area contributed by atoms with Gasteiger partial charge in [-0.1, -0.05) is 310 Å². The normalized spacial score (nSPS) is 11.3. The summed E-state index contributed by atoms with van der Waals surface area (Å²) in [5.41, 5.74) is 0.0914. The van der Waals surface area contributed by atoms with Gasteiger partial charge in [0.15, 0.2) is 11.5 Å². The van der Waals surface area contributed by atoms with Crippen molar-refractivity contribution < 1.29 is 82.3 Å². The number of carboxylic acids is 1. The van der Waals surface area contributed by atoms with Crippen LogP contribution >= 0.6 is 0 Å². The van der Waals surface area contributed by atoms with Crippen molar-refractivity contribution in [2.75, 3.05) is 19.8 Å². The van der Waals surface area contributed by atoms with Gasteiger partial charge in [0.25, 0.3) is 0 Å². The molecule has 6 heteroatoms. The molecule has 0 N–H and O–H groups in total. The second-order valence-electron chi connectivity index (χ2n) is 20.5. The van der Waals surface area contributed by atoms with Gasteiger partial charge in [0, 0.05) is 5.56 Å². The molecule has 0 spiro atoms. The summed E-state index contributed by atoms with van der Waals surface area (Å²) >= 11 is 0. The van der Waals surface area contributed by atoms with E-state index in [-0.39, 0.29) is 63.8 Å². The molecule has 388 valence electrons. The number of carbonyl (C=O) groups excluding carboxylic acids is 1. The fourth-order valence-electron chi connectivity index (χ4n) is 9.54. The number of benzene rings is 1. The molecule has 0 aliphatic carbocycles. The molecule has 0 saturated carbocycles. The molecular formula is C61H113O5Rb. The summed E-state index contributed by atoms with van der Waals surface area (Å²) in [5, 5.41) is 12.1. The predicted molar refractivity (Wildman–Crippen MR) is 286 cm³/mol. The number of hydrogen-bond acceptors (Lipinski definition) is 5. The van der Waals surface area contributed by atoms with Gasteiger partial charge in [0.1, 0.15) is 0 Å². The fourth-order valence-corrected chi connectivity index (χ4v) is 9.54. The standard InChI is InChI=1S/C61H114O5.Rb/c1-4-7-10-13-16-19-22-25-28-31-34-37-40-43-46-49-52-64-58-55-57(61(62)63)56-59(65-53-50-47-44-41-38-35-32-29-26-23-20-17-14-11-8-5-2)60(58)66-54-51-48-45-42-39-36-33-30-27-24-21-18-15-12-9-6-3;/h55-56H,4-54H2,1-3H3,(H,62,63);/q;+1/p-1. The Hall–Kier alpha value is -0.105. The van der Waals surface area contributed by atoms with Gasteiger partial charge in [-0.2, -0.15) is 0 Å². The topological polar surface area (TPSA) is 67.8 Å². The molecule has 0 aliphatic heterocycles. The first-order valence-corrected chi connectivity index (χ1v) is 29.9. The second kappa shape index (κ2) is 55.2. The Labute approximate surface area is 467 Å². The van der Waals surface area contributed by atoms with E-state index in [1.165, 1.54) is 270 Å². The van der Waals surface area contributed by atoms with E-state index in [1.807, 2.05) is 0 Å². The van der Waals surface area contributed by atoms with Crippen LogP contribution in [0.2, 0.25) is 0 Å². The van der Waals surface area contributed by atoms with Crippen LogP contribution in [0, 0.1) is 0 Å². The van der Waals surface area contributed by atoms with E-state index in [0.717, 1.165) is 38.5 Å². The van der Waals surface area contributed by atoms with E-state index in [9.17, 15) is 9.90 Å². The van der Waals surface area contributed by atoms with Gasteiger partial charge in [-0.05, 0) is 31.4 Å². The Morgan fingerprint density at radius 2 is 0.493 bits per heavy atom. The number of carbonyl (C=O) groups is 1. The van der Waals surface area contributed by atoms with Crippen LogP contribution in [-0.4, -0.2) is 25.8 Å². The van der Waals surface area contributed by atoms with Gasteiger partial charge in [-0.25, -0.2) is 0 Å². The van der Waals surface area contributed by atoms with Gasteiger partial charge < -0.3 is 24.1 Å². The minimum absolute atomic E-state index is 0. The number of unbranched alkanes of at least 4 members (excludes halogenated alkanes) is 45. The number of rotatable bonds is 55. The largest absolute Gasteiger partial charge is 1.00 e. The van der Waals surface area contributed by atoms with Crippen LogP contribution in [0.5, 0.6) is 17.2 Å². The molecule has 1 rings (SSSR count). The number of hydrogen-bond donors (Lipinski definition) is 0. The Morgan fingerprint density at radius 3 is 0.687 bits per heavy atom. The van der Waals surface area contributed by atoms with Gasteiger partial charge in [0.05, 0.1) is 25.8 Å². The molecule has 0 atom stereocenters. The molecule has 5 nitrogen and oxygen atoms in total. The molecule has 1 aromatic carbocycles. The van der Waals surface area contributed by atoms with Gasteiger partial charge in [-0.15, -0.1) is 0 Å². The molecule has 0 aromatic heterocycles. The first kappa shape index (κ1) is 66.9. The molecule has 0 heterocycles. The number of ether oxygens (including phenoxy) is 3. The van der Waals surface area contributed by atoms with E-state index in [2.05, 4.69) is 20.8 Å². The average molecular weight is 1010 g/mol. The van der Waals surface area contributed by atoms with E-state index < -0.39 is 5.97 Å². The predicted octanol–water partition coefficient (Wildman–Crippen LogP) is 17.0. The molecule has 67 heavy (non-hydrogen) atoms. The van der Waals surface area contributed by atoms with Crippen molar-refractivity contribution in [3.8, 4) is 17.2 Å². The monoisotopic (exact) mass is 1010 g/mol. The maximum atomic E-state index is 12.1. The van der Waals surface area contributed by atoms with E-state index >= 15 is 0 Å². The van der Waals surface area contributed by atoms with Gasteiger partial charge in [-0.3, -0.25) is 0 Å². The van der Waals surface area contributed by atoms with Crippen molar-refractivity contribution in [2.24, 2.45) is 0 Å². The minimum atomic E-state index is -1.21. The molecule has 0 unspecified atom stereocenters. The second-order valence-corrected chi connectivity index (χ2v) is 20.5. The van der Waals surface area contributed by atoms with Gasteiger partial charge in [0.2, 0.25) is 5.75 Å². The van der Waals surface area contributed by atoms with Crippen LogP contribution in [-0.2, 0) is 0 Å². The van der Waals surface area contributed by atoms with E-state index in [4.69, 9.17) is 14.2 Å². The first-order valence-electron chi connectivity index (χ1n) is 29.9. The molecule has 0 radical (unpaired) electrons. The summed E-state index contributed by atoms with van der Waals surface area (Å²) < 4.78 is 19.1. The number of carboxylic acid groups (broad SMARTS) is 1. The summed E-state index contributed by atoms with van der Waals surface area (Å²) in [4.78, 5) is 12.1. The summed E-state index contributed by atoms with van der Waals surface area (Å²) in [5.74, 6) is 0.320. The van der Waals surface area contributed by atoms with E-state index in [1.54, 1.807) is 12.1 Å². The summed E-state index contributed by atoms with van der Waals surface area (Å²) in [6, 6.07) is 3.18. The minimum Gasteiger partial charge on any atom is -0.545 e. The molecule has 0 amide bonds. The van der Waals surface area contributed by atoms with E-state index in [0.29, 0.717) is 37.1 Å². The zero-order valence-electron chi connectivity index (χ0n) is 45.8. The Balaban J connectivity index is 0.0000436. The summed E-state index contributed by atoms with van der Waals surface area (Å²) in [7, 11) is 0. The molecule has 0 saturated heterocycles. The Bertz CT molecular complexity index is 1080. The third kappa shape index (κ3) is 45.5. The smallest absolute Gasteiger partial charge is 0.545 e. The van der Waals surface area contributed by atoms with Crippen molar-refractivity contribution in [3.05, 3.63) is 17.7 Å². The quantitative estimate of drug-likeness (QED) is 0.0608. The van der Waals surface area contributed by atoms with Crippen LogP contribution in [0.3, 0.4) is 0 Å². The third-order valence-electron chi connectivity index (χ3n) is 14.0. The maximum Gasteiger partial charge on any atom is 1.00 e. The Kier molecular flexibility index (Phi) is 55.1. The van der Waals surface area contributed by atoms with Crippen LogP contribution in [0.25, 0.3) is 0 Å². The van der Waals surface area contributed by atoms with Crippen molar-refractivity contribution in [1.82, 2.24) is 0 Å². The zero-order chi connectivity index (χ0) is 47.5. The molecule has 1 aromatic rings. The fraction of sp³-hybridized carbons (Fsp3) is 0.885.